The molecule has 0 aliphatic rings. The third-order valence-electron chi connectivity index (χ3n) is 2.93. The molecule has 0 aliphatic heterocycles. The standard InChI is InChI=1S/C16H27NO3/c1-2-3-4-11-20-16-7-5-15(6-8-16)14-17-9-12-19-13-10-18/h5-8,17-18H,2-4,9-14H2,1H3. The lowest BCUT2D eigenvalue weighted by Gasteiger charge is -2.08. The highest BCUT2D eigenvalue weighted by Gasteiger charge is 1.96. The van der Waals surface area contributed by atoms with Crippen LogP contribution < -0.4 is 10.1 Å². The number of benzene rings is 1. The maximum absolute atomic E-state index is 8.56. The van der Waals surface area contributed by atoms with Crippen molar-refractivity contribution in [3.63, 3.8) is 0 Å². The summed E-state index contributed by atoms with van der Waals surface area (Å²) in [6.45, 7) is 5.71. The summed E-state index contributed by atoms with van der Waals surface area (Å²) in [5, 5.41) is 11.9. The zero-order chi connectivity index (χ0) is 14.5. The predicted octanol–water partition coefficient (Wildman–Crippen LogP) is 2.35. The van der Waals surface area contributed by atoms with Crippen molar-refractivity contribution < 1.29 is 14.6 Å². The van der Waals surface area contributed by atoms with Crippen LogP contribution in [0, 0.1) is 0 Å². The second kappa shape index (κ2) is 11.7. The second-order valence-electron chi connectivity index (χ2n) is 4.71. The number of aliphatic hydroxyl groups is 1. The molecular formula is C16H27NO3. The van der Waals surface area contributed by atoms with Crippen LogP contribution in [0.3, 0.4) is 0 Å². The lowest BCUT2D eigenvalue weighted by Crippen LogP contribution is -2.19. The first kappa shape index (κ1) is 17.0. The SMILES string of the molecule is CCCCCOc1ccc(CNCCOCCO)cc1. The normalized spacial score (nSPS) is 10.7. The summed E-state index contributed by atoms with van der Waals surface area (Å²) in [5.41, 5.74) is 1.23. The maximum atomic E-state index is 8.56. The Kier molecular flexibility index (Phi) is 9.92. The Morgan fingerprint density at radius 3 is 2.55 bits per heavy atom. The molecule has 0 atom stereocenters. The van der Waals surface area contributed by atoms with Gasteiger partial charge in [0.15, 0.2) is 0 Å². The zero-order valence-corrected chi connectivity index (χ0v) is 12.4. The van der Waals surface area contributed by atoms with Gasteiger partial charge < -0.3 is 19.9 Å². The third kappa shape index (κ3) is 8.15. The van der Waals surface area contributed by atoms with Gasteiger partial charge in [0.2, 0.25) is 0 Å². The van der Waals surface area contributed by atoms with Gasteiger partial charge in [0.05, 0.1) is 26.4 Å². The molecule has 20 heavy (non-hydrogen) atoms. The van der Waals surface area contributed by atoms with E-state index in [9.17, 15) is 0 Å². The van der Waals surface area contributed by atoms with Crippen molar-refractivity contribution >= 4 is 0 Å². The van der Waals surface area contributed by atoms with E-state index >= 15 is 0 Å². The lowest BCUT2D eigenvalue weighted by atomic mass is 10.2. The highest BCUT2D eigenvalue weighted by molar-refractivity contribution is 5.27. The molecule has 0 fully saturated rings. The molecule has 0 bridgehead atoms. The molecule has 114 valence electrons. The van der Waals surface area contributed by atoms with Crippen molar-refractivity contribution in [1.82, 2.24) is 5.32 Å². The van der Waals surface area contributed by atoms with Crippen LogP contribution in [0.25, 0.3) is 0 Å². The van der Waals surface area contributed by atoms with E-state index < -0.39 is 0 Å². The van der Waals surface area contributed by atoms with E-state index in [0.29, 0.717) is 13.2 Å². The minimum atomic E-state index is 0.0831. The number of aliphatic hydroxyl groups excluding tert-OH is 1. The van der Waals surface area contributed by atoms with Crippen LogP contribution >= 0.6 is 0 Å². The fourth-order valence-corrected chi connectivity index (χ4v) is 1.79. The molecule has 4 heteroatoms. The number of nitrogens with one attached hydrogen (secondary N) is 1. The van der Waals surface area contributed by atoms with Crippen LogP contribution in [-0.4, -0.2) is 38.1 Å². The summed E-state index contributed by atoms with van der Waals surface area (Å²) < 4.78 is 10.8. The molecule has 0 radical (unpaired) electrons. The molecule has 0 aromatic heterocycles. The molecule has 0 spiro atoms. The Morgan fingerprint density at radius 2 is 1.85 bits per heavy atom. The van der Waals surface area contributed by atoms with Crippen molar-refractivity contribution in [2.24, 2.45) is 0 Å². The Hall–Kier alpha value is -1.10. The van der Waals surface area contributed by atoms with Crippen molar-refractivity contribution in [2.75, 3.05) is 33.0 Å². The summed E-state index contributed by atoms with van der Waals surface area (Å²) in [6, 6.07) is 8.20. The van der Waals surface area contributed by atoms with Gasteiger partial charge in [-0.1, -0.05) is 31.9 Å². The monoisotopic (exact) mass is 281 g/mol. The number of rotatable bonds is 12. The topological polar surface area (TPSA) is 50.7 Å². The minimum Gasteiger partial charge on any atom is -0.494 e. The van der Waals surface area contributed by atoms with Gasteiger partial charge in [0.25, 0.3) is 0 Å². The molecule has 2 N–H and O–H groups in total. The lowest BCUT2D eigenvalue weighted by molar-refractivity contribution is 0.0938. The summed E-state index contributed by atoms with van der Waals surface area (Å²) in [5.74, 6) is 0.941. The molecule has 4 nitrogen and oxygen atoms in total. The van der Waals surface area contributed by atoms with E-state index in [4.69, 9.17) is 14.6 Å². The van der Waals surface area contributed by atoms with E-state index in [1.165, 1.54) is 18.4 Å². The van der Waals surface area contributed by atoms with Crippen molar-refractivity contribution in [3.8, 4) is 5.75 Å². The largest absolute Gasteiger partial charge is 0.494 e. The van der Waals surface area contributed by atoms with Crippen LogP contribution in [0.4, 0.5) is 0 Å². The van der Waals surface area contributed by atoms with Gasteiger partial charge in [-0.15, -0.1) is 0 Å². The molecule has 0 amide bonds. The zero-order valence-electron chi connectivity index (χ0n) is 12.4. The molecule has 1 aromatic carbocycles. The van der Waals surface area contributed by atoms with Crippen molar-refractivity contribution in [3.05, 3.63) is 29.8 Å². The average Bonchev–Trinajstić information content (AvgIpc) is 2.49. The van der Waals surface area contributed by atoms with Crippen molar-refractivity contribution in [1.29, 1.82) is 0 Å². The fourth-order valence-electron chi connectivity index (χ4n) is 1.79. The molecule has 0 aliphatic carbocycles. The van der Waals surface area contributed by atoms with Gasteiger partial charge in [-0.3, -0.25) is 0 Å². The smallest absolute Gasteiger partial charge is 0.119 e. The van der Waals surface area contributed by atoms with E-state index in [1.54, 1.807) is 0 Å². The van der Waals surface area contributed by atoms with Gasteiger partial charge >= 0.3 is 0 Å². The van der Waals surface area contributed by atoms with E-state index in [-0.39, 0.29) is 6.61 Å². The van der Waals surface area contributed by atoms with Crippen LogP contribution in [0.2, 0.25) is 0 Å². The second-order valence-corrected chi connectivity index (χ2v) is 4.71. The molecule has 1 rings (SSSR count). The van der Waals surface area contributed by atoms with Crippen LogP contribution in [-0.2, 0) is 11.3 Å². The molecule has 0 saturated heterocycles. The number of hydrogen-bond donors (Lipinski definition) is 2. The Balaban J connectivity index is 2.12. The summed E-state index contributed by atoms with van der Waals surface area (Å²) in [7, 11) is 0. The summed E-state index contributed by atoms with van der Waals surface area (Å²) >= 11 is 0. The predicted molar refractivity (Wildman–Crippen MR) is 81.1 cm³/mol. The number of ether oxygens (including phenoxy) is 2. The maximum Gasteiger partial charge on any atom is 0.119 e. The van der Waals surface area contributed by atoms with Crippen LogP contribution in [0.1, 0.15) is 31.7 Å². The minimum absolute atomic E-state index is 0.0831. The Bertz CT molecular complexity index is 327. The van der Waals surface area contributed by atoms with Crippen LogP contribution in [0.5, 0.6) is 5.75 Å². The molecule has 0 saturated carbocycles. The molecule has 1 aromatic rings. The molecular weight excluding hydrogens is 254 g/mol. The summed E-state index contributed by atoms with van der Waals surface area (Å²) in [4.78, 5) is 0. The van der Waals surface area contributed by atoms with Gasteiger partial charge in [0, 0.05) is 13.1 Å². The fraction of sp³-hybridized carbons (Fsp3) is 0.625. The number of unbranched alkanes of at least 4 members (excludes halogenated alkanes) is 2. The molecule has 0 unspecified atom stereocenters. The quantitative estimate of drug-likeness (QED) is 0.577. The Morgan fingerprint density at radius 1 is 1.05 bits per heavy atom. The first-order valence-corrected chi connectivity index (χ1v) is 7.48. The third-order valence-corrected chi connectivity index (χ3v) is 2.93. The highest BCUT2D eigenvalue weighted by atomic mass is 16.5. The van der Waals surface area contributed by atoms with E-state index in [2.05, 4.69) is 24.4 Å². The van der Waals surface area contributed by atoms with E-state index in [1.807, 2.05) is 12.1 Å². The van der Waals surface area contributed by atoms with E-state index in [0.717, 1.165) is 31.9 Å². The number of hydrogen-bond acceptors (Lipinski definition) is 4. The van der Waals surface area contributed by atoms with Gasteiger partial charge in [-0.25, -0.2) is 0 Å². The van der Waals surface area contributed by atoms with Crippen molar-refractivity contribution in [2.45, 2.75) is 32.7 Å². The Labute approximate surface area is 122 Å². The van der Waals surface area contributed by atoms with Crippen LogP contribution in [0.15, 0.2) is 24.3 Å². The highest BCUT2D eigenvalue weighted by Crippen LogP contribution is 2.12. The van der Waals surface area contributed by atoms with Gasteiger partial charge in [0.1, 0.15) is 5.75 Å². The summed E-state index contributed by atoms with van der Waals surface area (Å²) in [6.07, 6.45) is 3.56. The first-order valence-electron chi connectivity index (χ1n) is 7.48. The van der Waals surface area contributed by atoms with Gasteiger partial charge in [-0.2, -0.15) is 0 Å². The van der Waals surface area contributed by atoms with Gasteiger partial charge in [-0.05, 0) is 24.1 Å². The molecule has 0 heterocycles. The first-order chi connectivity index (χ1) is 9.86. The average molecular weight is 281 g/mol.